The van der Waals surface area contributed by atoms with E-state index in [1.54, 1.807) is 18.7 Å². The van der Waals surface area contributed by atoms with Crippen LogP contribution < -0.4 is 10.1 Å². The summed E-state index contributed by atoms with van der Waals surface area (Å²) in [6.07, 6.45) is -3.97. The van der Waals surface area contributed by atoms with Gasteiger partial charge >= 0.3 is 6.36 Å². The number of ether oxygens (including phenoxy) is 1. The molecule has 1 atom stereocenters. The predicted molar refractivity (Wildman–Crippen MR) is 116 cm³/mol. The summed E-state index contributed by atoms with van der Waals surface area (Å²) in [4.78, 5) is 16.8. The van der Waals surface area contributed by atoms with Crippen molar-refractivity contribution in [2.45, 2.75) is 37.6 Å². The Morgan fingerprint density at radius 1 is 1.27 bits per heavy atom. The van der Waals surface area contributed by atoms with Gasteiger partial charge in [0.1, 0.15) is 11.8 Å². The maximum absolute atomic E-state index is 13.1. The van der Waals surface area contributed by atoms with E-state index in [4.69, 9.17) is 12.2 Å². The maximum Gasteiger partial charge on any atom is 0.573 e. The van der Waals surface area contributed by atoms with E-state index >= 15 is 0 Å². The van der Waals surface area contributed by atoms with Gasteiger partial charge in [0.15, 0.2) is 0 Å². The molecular formula is C21H21F3N2O2S2. The van der Waals surface area contributed by atoms with Crippen molar-refractivity contribution in [3.05, 3.63) is 53.6 Å². The van der Waals surface area contributed by atoms with Gasteiger partial charge in [0.25, 0.3) is 5.91 Å². The number of benzene rings is 2. The van der Waals surface area contributed by atoms with Gasteiger partial charge in [-0.05, 0) is 66.6 Å². The van der Waals surface area contributed by atoms with E-state index in [-0.39, 0.29) is 11.7 Å². The minimum Gasteiger partial charge on any atom is -0.406 e. The number of fused-ring (bicyclic) bond motifs is 1. The second-order valence-electron chi connectivity index (χ2n) is 6.72. The molecule has 2 aromatic rings. The first-order chi connectivity index (χ1) is 14.2. The number of carbonyl (C=O) groups excluding carboxylic acids is 1. The smallest absolute Gasteiger partial charge is 0.406 e. The molecule has 1 aliphatic heterocycles. The SMILES string of the molecule is CCSc1ccc2c(c1)CCN(C(C)=S)C2C(=O)Nc1ccc(OC(F)(F)F)cc1. The molecule has 1 amide bonds. The van der Waals surface area contributed by atoms with Crippen molar-refractivity contribution < 1.29 is 22.7 Å². The van der Waals surface area contributed by atoms with Crippen LogP contribution in [0.25, 0.3) is 0 Å². The highest BCUT2D eigenvalue weighted by Crippen LogP contribution is 2.34. The first-order valence-corrected chi connectivity index (χ1v) is 10.8. The summed E-state index contributed by atoms with van der Waals surface area (Å²) in [7, 11) is 0. The number of anilines is 1. The third-order valence-corrected chi connectivity index (χ3v) is 5.77. The summed E-state index contributed by atoms with van der Waals surface area (Å²) in [5.74, 6) is 0.323. The number of thiocarbonyl (C=S) groups is 1. The molecule has 1 unspecified atom stereocenters. The van der Waals surface area contributed by atoms with E-state index < -0.39 is 12.4 Å². The minimum absolute atomic E-state index is 0.291. The Bertz CT molecular complexity index is 933. The van der Waals surface area contributed by atoms with E-state index in [1.165, 1.54) is 12.1 Å². The van der Waals surface area contributed by atoms with Gasteiger partial charge in [0.2, 0.25) is 0 Å². The minimum atomic E-state index is -4.76. The lowest BCUT2D eigenvalue weighted by Gasteiger charge is -2.37. The molecule has 0 saturated heterocycles. The maximum atomic E-state index is 13.1. The number of hydrogen-bond donors (Lipinski definition) is 1. The van der Waals surface area contributed by atoms with Crippen LogP contribution in [0.3, 0.4) is 0 Å². The molecule has 0 fully saturated rings. The molecule has 0 aliphatic carbocycles. The number of alkyl halides is 3. The first kappa shape index (κ1) is 22.4. The average Bonchev–Trinajstić information content (AvgIpc) is 2.67. The summed E-state index contributed by atoms with van der Waals surface area (Å²) < 4.78 is 40.8. The summed E-state index contributed by atoms with van der Waals surface area (Å²) in [6.45, 7) is 4.49. The lowest BCUT2D eigenvalue weighted by atomic mass is 9.92. The molecular weight excluding hydrogens is 433 g/mol. The third-order valence-electron chi connectivity index (χ3n) is 4.66. The molecule has 160 valence electrons. The lowest BCUT2D eigenvalue weighted by molar-refractivity contribution is -0.274. The Hall–Kier alpha value is -2.26. The molecule has 30 heavy (non-hydrogen) atoms. The fourth-order valence-corrected chi connectivity index (χ4v) is 4.35. The molecule has 3 rings (SSSR count). The molecule has 0 bridgehead atoms. The molecule has 1 heterocycles. The van der Waals surface area contributed by atoms with E-state index in [1.807, 2.05) is 17.0 Å². The highest BCUT2D eigenvalue weighted by molar-refractivity contribution is 7.99. The van der Waals surface area contributed by atoms with Gasteiger partial charge in [-0.15, -0.1) is 24.9 Å². The summed E-state index contributed by atoms with van der Waals surface area (Å²) in [5.41, 5.74) is 2.37. The van der Waals surface area contributed by atoms with Crippen LogP contribution in [-0.2, 0) is 11.2 Å². The van der Waals surface area contributed by atoms with Gasteiger partial charge in [0, 0.05) is 17.1 Å². The normalized spacial score (nSPS) is 16.0. The van der Waals surface area contributed by atoms with Crippen molar-refractivity contribution in [1.82, 2.24) is 4.90 Å². The quantitative estimate of drug-likeness (QED) is 0.472. The number of halogens is 3. The Morgan fingerprint density at radius 3 is 2.57 bits per heavy atom. The van der Waals surface area contributed by atoms with Crippen LogP contribution in [0.15, 0.2) is 47.4 Å². The molecule has 0 aromatic heterocycles. The van der Waals surface area contributed by atoms with Crippen LogP contribution >= 0.6 is 24.0 Å². The number of nitrogens with zero attached hydrogens (tertiary/aromatic N) is 1. The highest BCUT2D eigenvalue weighted by Gasteiger charge is 2.34. The second kappa shape index (κ2) is 9.26. The fraction of sp³-hybridized carbons (Fsp3) is 0.333. The van der Waals surface area contributed by atoms with Gasteiger partial charge in [-0.3, -0.25) is 4.79 Å². The number of rotatable bonds is 5. The summed E-state index contributed by atoms with van der Waals surface area (Å²) >= 11 is 7.10. The van der Waals surface area contributed by atoms with Crippen LogP contribution in [0.4, 0.5) is 18.9 Å². The van der Waals surface area contributed by atoms with E-state index in [0.29, 0.717) is 17.2 Å². The van der Waals surface area contributed by atoms with Crippen molar-refractivity contribution in [3.63, 3.8) is 0 Å². The summed E-state index contributed by atoms with van der Waals surface area (Å²) in [6, 6.07) is 10.5. The second-order valence-corrected chi connectivity index (χ2v) is 8.65. The molecule has 1 N–H and O–H groups in total. The van der Waals surface area contributed by atoms with Crippen molar-refractivity contribution in [1.29, 1.82) is 0 Å². The number of carbonyl (C=O) groups is 1. The molecule has 2 aromatic carbocycles. The van der Waals surface area contributed by atoms with Crippen LogP contribution in [0.2, 0.25) is 0 Å². The fourth-order valence-electron chi connectivity index (χ4n) is 3.43. The van der Waals surface area contributed by atoms with Gasteiger partial charge in [-0.25, -0.2) is 0 Å². The zero-order valence-electron chi connectivity index (χ0n) is 16.5. The third kappa shape index (κ3) is 5.46. The van der Waals surface area contributed by atoms with Gasteiger partial charge in [-0.1, -0.05) is 25.2 Å². The summed E-state index contributed by atoms with van der Waals surface area (Å²) in [5, 5.41) is 2.78. The van der Waals surface area contributed by atoms with Crippen LogP contribution in [-0.4, -0.2) is 34.5 Å². The predicted octanol–water partition coefficient (Wildman–Crippen LogP) is 5.58. The Morgan fingerprint density at radius 2 is 1.97 bits per heavy atom. The monoisotopic (exact) mass is 454 g/mol. The average molecular weight is 455 g/mol. The standard InChI is InChI=1S/C21H21F3N2O2S2/c1-3-30-17-8-9-18-14(12-17)10-11-26(13(2)29)19(18)20(27)25-15-4-6-16(7-5-15)28-21(22,23)24/h4-9,12,19H,3,10-11H2,1-2H3,(H,25,27). The van der Waals surface area contributed by atoms with Gasteiger partial charge < -0.3 is 15.0 Å². The topological polar surface area (TPSA) is 41.6 Å². The highest BCUT2D eigenvalue weighted by atomic mass is 32.2. The number of nitrogens with one attached hydrogen (secondary N) is 1. The van der Waals surface area contributed by atoms with Crippen LogP contribution in [0.5, 0.6) is 5.75 Å². The van der Waals surface area contributed by atoms with E-state index in [9.17, 15) is 18.0 Å². The molecule has 0 saturated carbocycles. The Kier molecular flexibility index (Phi) is 6.92. The zero-order chi connectivity index (χ0) is 21.9. The van der Waals surface area contributed by atoms with Crippen molar-refractivity contribution in [2.24, 2.45) is 0 Å². The van der Waals surface area contributed by atoms with E-state index in [2.05, 4.69) is 23.0 Å². The molecule has 0 spiro atoms. The van der Waals surface area contributed by atoms with Gasteiger partial charge in [0.05, 0.1) is 4.99 Å². The van der Waals surface area contributed by atoms with E-state index in [0.717, 1.165) is 40.3 Å². The number of amides is 1. The Balaban J connectivity index is 1.83. The van der Waals surface area contributed by atoms with Gasteiger partial charge in [-0.2, -0.15) is 0 Å². The van der Waals surface area contributed by atoms with Crippen molar-refractivity contribution in [3.8, 4) is 5.75 Å². The first-order valence-electron chi connectivity index (χ1n) is 9.37. The van der Waals surface area contributed by atoms with Crippen LogP contribution in [0, 0.1) is 0 Å². The van der Waals surface area contributed by atoms with Crippen LogP contribution in [0.1, 0.15) is 31.0 Å². The Labute approximate surface area is 182 Å². The zero-order valence-corrected chi connectivity index (χ0v) is 18.1. The lowest BCUT2D eigenvalue weighted by Crippen LogP contribution is -2.43. The molecule has 4 nitrogen and oxygen atoms in total. The number of hydrogen-bond acceptors (Lipinski definition) is 4. The molecule has 9 heteroatoms. The van der Waals surface area contributed by atoms with Crippen molar-refractivity contribution in [2.75, 3.05) is 17.6 Å². The molecule has 1 aliphatic rings. The number of thioether (sulfide) groups is 1. The van der Waals surface area contributed by atoms with Crippen molar-refractivity contribution >= 4 is 40.6 Å². The largest absolute Gasteiger partial charge is 0.573 e. The molecule has 0 radical (unpaired) electrons.